The first kappa shape index (κ1) is 23.3. The van der Waals surface area contributed by atoms with Crippen molar-refractivity contribution in [3.05, 3.63) is 35.8 Å². The Bertz CT molecular complexity index is 946. The minimum absolute atomic E-state index is 0.0534. The lowest BCUT2D eigenvalue weighted by Gasteiger charge is -2.26. The van der Waals surface area contributed by atoms with Crippen molar-refractivity contribution in [1.29, 1.82) is 0 Å². The Morgan fingerprint density at radius 2 is 2.00 bits per heavy atom. The number of alkyl halides is 3. The molecule has 0 bridgehead atoms. The summed E-state index contributed by atoms with van der Waals surface area (Å²) in [5.41, 5.74) is -1.49. The summed E-state index contributed by atoms with van der Waals surface area (Å²) in [6.45, 7) is 0.0794. The van der Waals surface area contributed by atoms with Gasteiger partial charge in [-0.3, -0.25) is 15.0 Å². The molecule has 0 unspecified atom stereocenters. The zero-order valence-corrected chi connectivity index (χ0v) is 17.7. The van der Waals surface area contributed by atoms with Crippen molar-refractivity contribution >= 4 is 45.9 Å². The minimum Gasteiger partial charge on any atom is -0.481 e. The SMILES string of the molecule is O=C(O)CSc1cnc(NC(=O)N(CC2CCCC2)c2cc(C(F)(F)F)ccc2F)s1. The van der Waals surface area contributed by atoms with Gasteiger partial charge in [0.25, 0.3) is 0 Å². The van der Waals surface area contributed by atoms with E-state index in [0.29, 0.717) is 22.4 Å². The molecule has 0 aliphatic heterocycles. The molecule has 1 aliphatic rings. The highest BCUT2D eigenvalue weighted by atomic mass is 32.2. The molecular formula is C19H19F4N3O3S2. The van der Waals surface area contributed by atoms with Crippen LogP contribution in [0.15, 0.2) is 28.6 Å². The number of carbonyl (C=O) groups is 2. The van der Waals surface area contributed by atoms with Crippen molar-refractivity contribution < 1.29 is 32.3 Å². The third-order valence-corrected chi connectivity index (χ3v) is 6.85. The molecule has 3 rings (SSSR count). The number of anilines is 2. The number of hydrogen-bond donors (Lipinski definition) is 2. The molecule has 0 spiro atoms. The summed E-state index contributed by atoms with van der Waals surface area (Å²) < 4.78 is 54.5. The molecule has 1 aromatic carbocycles. The number of halogens is 4. The molecule has 6 nitrogen and oxygen atoms in total. The van der Waals surface area contributed by atoms with E-state index in [1.165, 1.54) is 6.20 Å². The molecule has 2 aromatic rings. The summed E-state index contributed by atoms with van der Waals surface area (Å²) in [5, 5.41) is 11.4. The summed E-state index contributed by atoms with van der Waals surface area (Å²) >= 11 is 2.05. The molecule has 1 fully saturated rings. The maximum absolute atomic E-state index is 14.5. The average molecular weight is 478 g/mol. The Morgan fingerprint density at radius 3 is 2.65 bits per heavy atom. The van der Waals surface area contributed by atoms with Gasteiger partial charge in [-0.25, -0.2) is 14.2 Å². The Labute approximate surface area is 183 Å². The van der Waals surface area contributed by atoms with Crippen LogP contribution < -0.4 is 10.2 Å². The third-order valence-electron chi connectivity index (χ3n) is 4.76. The van der Waals surface area contributed by atoms with Gasteiger partial charge >= 0.3 is 18.2 Å². The molecule has 12 heteroatoms. The van der Waals surface area contributed by atoms with E-state index in [4.69, 9.17) is 5.11 Å². The number of carbonyl (C=O) groups excluding carboxylic acids is 1. The highest BCUT2D eigenvalue weighted by Crippen LogP contribution is 2.35. The molecule has 168 valence electrons. The standard InChI is InChI=1S/C19H19F4N3O3S2/c20-13-6-5-12(19(21,22)23)7-14(13)26(9-11-3-1-2-4-11)18(29)25-17-24-8-16(31-17)30-10-15(27)28/h5-8,11H,1-4,9-10H2,(H,27,28)(H,24,25,29). The summed E-state index contributed by atoms with van der Waals surface area (Å²) in [6, 6.07) is 1.18. The first-order valence-electron chi connectivity index (χ1n) is 9.39. The molecular weight excluding hydrogens is 458 g/mol. The second-order valence-electron chi connectivity index (χ2n) is 7.02. The number of nitrogens with zero attached hydrogens (tertiary/aromatic N) is 2. The highest BCUT2D eigenvalue weighted by Gasteiger charge is 2.33. The number of carboxylic acid groups (broad SMARTS) is 1. The molecule has 2 amide bonds. The fourth-order valence-corrected chi connectivity index (χ4v) is 4.90. The van der Waals surface area contributed by atoms with Gasteiger partial charge in [-0.05, 0) is 37.0 Å². The van der Waals surface area contributed by atoms with E-state index < -0.39 is 35.2 Å². The van der Waals surface area contributed by atoms with Crippen LogP contribution in [0.5, 0.6) is 0 Å². The maximum atomic E-state index is 14.5. The van der Waals surface area contributed by atoms with Gasteiger partial charge in [-0.2, -0.15) is 13.2 Å². The fraction of sp³-hybridized carbons (Fsp3) is 0.421. The molecule has 2 N–H and O–H groups in total. The highest BCUT2D eigenvalue weighted by molar-refractivity contribution is 8.01. The number of thioether (sulfide) groups is 1. The number of hydrogen-bond acceptors (Lipinski definition) is 5. The molecule has 1 saturated carbocycles. The van der Waals surface area contributed by atoms with Gasteiger partial charge in [0.2, 0.25) is 0 Å². The first-order valence-corrected chi connectivity index (χ1v) is 11.2. The lowest BCUT2D eigenvalue weighted by atomic mass is 10.1. The summed E-state index contributed by atoms with van der Waals surface area (Å²) in [7, 11) is 0. The lowest BCUT2D eigenvalue weighted by molar-refractivity contribution is -0.137. The van der Waals surface area contributed by atoms with E-state index in [-0.39, 0.29) is 23.3 Å². The van der Waals surface area contributed by atoms with Gasteiger partial charge in [0.1, 0.15) is 5.82 Å². The number of benzene rings is 1. The number of urea groups is 1. The van der Waals surface area contributed by atoms with E-state index in [0.717, 1.165) is 53.7 Å². The van der Waals surface area contributed by atoms with Crippen LogP contribution in [0.25, 0.3) is 0 Å². The van der Waals surface area contributed by atoms with Crippen LogP contribution in [0.3, 0.4) is 0 Å². The van der Waals surface area contributed by atoms with Crippen LogP contribution in [0.4, 0.5) is 33.2 Å². The van der Waals surface area contributed by atoms with Crippen molar-refractivity contribution in [1.82, 2.24) is 4.98 Å². The van der Waals surface area contributed by atoms with Crippen LogP contribution >= 0.6 is 23.1 Å². The van der Waals surface area contributed by atoms with Gasteiger partial charge in [0.05, 0.1) is 27.4 Å². The number of carboxylic acids is 1. The smallest absolute Gasteiger partial charge is 0.416 e. The predicted molar refractivity (Wildman–Crippen MR) is 110 cm³/mol. The second kappa shape index (κ2) is 9.86. The number of amides is 2. The Morgan fingerprint density at radius 1 is 1.29 bits per heavy atom. The summed E-state index contributed by atoms with van der Waals surface area (Å²) in [4.78, 5) is 28.6. The number of rotatable bonds is 7. The van der Waals surface area contributed by atoms with E-state index in [1.807, 2.05) is 0 Å². The van der Waals surface area contributed by atoms with Gasteiger partial charge < -0.3 is 5.11 Å². The van der Waals surface area contributed by atoms with Crippen LogP contribution in [-0.4, -0.2) is 34.4 Å². The van der Waals surface area contributed by atoms with E-state index in [9.17, 15) is 27.2 Å². The topological polar surface area (TPSA) is 82.5 Å². The predicted octanol–water partition coefficient (Wildman–Crippen LogP) is 5.71. The molecule has 0 atom stereocenters. The third kappa shape index (κ3) is 6.33. The summed E-state index contributed by atoms with van der Waals surface area (Å²) in [5.74, 6) is -2.07. The van der Waals surface area contributed by atoms with Gasteiger partial charge in [0, 0.05) is 6.54 Å². The molecule has 0 radical (unpaired) electrons. The quantitative estimate of drug-likeness (QED) is 0.395. The van der Waals surface area contributed by atoms with Crippen molar-refractivity contribution in [2.24, 2.45) is 5.92 Å². The normalized spacial score (nSPS) is 14.6. The van der Waals surface area contributed by atoms with E-state index in [1.54, 1.807) is 0 Å². The van der Waals surface area contributed by atoms with Crippen LogP contribution in [0, 0.1) is 11.7 Å². The molecule has 0 saturated heterocycles. The summed E-state index contributed by atoms with van der Waals surface area (Å²) in [6.07, 6.45) is 0.211. The van der Waals surface area contributed by atoms with Crippen molar-refractivity contribution in [2.75, 3.05) is 22.5 Å². The van der Waals surface area contributed by atoms with Crippen LogP contribution in [-0.2, 0) is 11.0 Å². The zero-order chi connectivity index (χ0) is 22.6. The maximum Gasteiger partial charge on any atom is 0.416 e. The van der Waals surface area contributed by atoms with Gasteiger partial charge in [-0.15, -0.1) is 11.8 Å². The number of thiazole rings is 1. The van der Waals surface area contributed by atoms with Gasteiger partial charge in [-0.1, -0.05) is 24.2 Å². The minimum atomic E-state index is -4.68. The van der Waals surface area contributed by atoms with Crippen molar-refractivity contribution in [3.8, 4) is 0 Å². The van der Waals surface area contributed by atoms with Crippen LogP contribution in [0.2, 0.25) is 0 Å². The monoisotopic (exact) mass is 477 g/mol. The number of aliphatic carboxylic acids is 1. The average Bonchev–Trinajstić information content (AvgIpc) is 3.36. The Kier molecular flexibility index (Phi) is 7.42. The second-order valence-corrected chi connectivity index (χ2v) is 9.33. The van der Waals surface area contributed by atoms with Crippen molar-refractivity contribution in [2.45, 2.75) is 36.1 Å². The molecule has 31 heavy (non-hydrogen) atoms. The van der Waals surface area contributed by atoms with E-state index in [2.05, 4.69) is 10.3 Å². The lowest BCUT2D eigenvalue weighted by Crippen LogP contribution is -2.39. The van der Waals surface area contributed by atoms with Crippen molar-refractivity contribution in [3.63, 3.8) is 0 Å². The molecule has 1 aromatic heterocycles. The van der Waals surface area contributed by atoms with Crippen LogP contribution in [0.1, 0.15) is 31.2 Å². The largest absolute Gasteiger partial charge is 0.481 e. The first-order chi connectivity index (χ1) is 14.6. The molecule has 1 heterocycles. The Hall–Kier alpha value is -2.34. The fourth-order valence-electron chi connectivity index (χ4n) is 3.31. The zero-order valence-electron chi connectivity index (χ0n) is 16.1. The number of aromatic nitrogens is 1. The number of nitrogens with one attached hydrogen (secondary N) is 1. The van der Waals surface area contributed by atoms with Gasteiger partial charge in [0.15, 0.2) is 5.13 Å². The van der Waals surface area contributed by atoms with E-state index >= 15 is 0 Å². The Balaban J connectivity index is 1.84. The molecule has 1 aliphatic carbocycles.